The fraction of sp³-hybridized carbons (Fsp3) is 0.882. The van der Waals surface area contributed by atoms with E-state index in [2.05, 4.69) is 36.2 Å². The monoisotopic (exact) mass is 264 g/mol. The third-order valence-corrected chi connectivity index (χ3v) is 5.07. The van der Waals surface area contributed by atoms with Crippen molar-refractivity contribution in [3.05, 3.63) is 12.2 Å². The van der Waals surface area contributed by atoms with Gasteiger partial charge >= 0.3 is 0 Å². The number of rotatable bonds is 5. The second kappa shape index (κ2) is 8.06. The number of piperazine rings is 1. The maximum atomic E-state index is 3.85. The fourth-order valence-corrected chi connectivity index (χ4v) is 3.82. The minimum Gasteiger partial charge on any atom is -0.311 e. The quantitative estimate of drug-likeness (QED) is 0.764. The minimum atomic E-state index is 0.755. The number of hydrogen-bond donors (Lipinski definition) is 1. The normalized spacial score (nSPS) is 31.1. The summed E-state index contributed by atoms with van der Waals surface area (Å²) in [7, 11) is 0. The van der Waals surface area contributed by atoms with Gasteiger partial charge in [0.2, 0.25) is 0 Å². The third kappa shape index (κ3) is 4.32. The lowest BCUT2D eigenvalue weighted by atomic mass is 9.82. The molecule has 0 bridgehead atoms. The first kappa shape index (κ1) is 15.1. The first-order chi connectivity index (χ1) is 9.35. The van der Waals surface area contributed by atoms with Gasteiger partial charge in [0.1, 0.15) is 0 Å². The molecule has 2 nitrogen and oxygen atoms in total. The molecule has 2 aliphatic rings. The zero-order valence-electron chi connectivity index (χ0n) is 12.9. The van der Waals surface area contributed by atoms with Crippen molar-refractivity contribution in [2.24, 2.45) is 5.92 Å². The van der Waals surface area contributed by atoms with Gasteiger partial charge in [-0.1, -0.05) is 38.3 Å². The SMILES string of the molecule is C/C=C/CCN1CC(C2CCCCC2)NCC1CC. The summed E-state index contributed by atoms with van der Waals surface area (Å²) in [5.41, 5.74) is 0. The average Bonchev–Trinajstić information content (AvgIpc) is 2.48. The lowest BCUT2D eigenvalue weighted by Crippen LogP contribution is -2.58. The van der Waals surface area contributed by atoms with Crippen molar-refractivity contribution in [2.45, 2.75) is 70.9 Å². The second-order valence-corrected chi connectivity index (χ2v) is 6.33. The van der Waals surface area contributed by atoms with E-state index in [9.17, 15) is 0 Å². The molecule has 1 aliphatic heterocycles. The molecule has 1 aliphatic carbocycles. The molecule has 2 unspecified atom stereocenters. The van der Waals surface area contributed by atoms with Crippen molar-refractivity contribution < 1.29 is 0 Å². The predicted molar refractivity (Wildman–Crippen MR) is 83.4 cm³/mol. The Balaban J connectivity index is 1.86. The lowest BCUT2D eigenvalue weighted by molar-refractivity contribution is 0.0953. The van der Waals surface area contributed by atoms with E-state index in [-0.39, 0.29) is 0 Å². The van der Waals surface area contributed by atoms with Gasteiger partial charge in [-0.3, -0.25) is 4.90 Å². The molecule has 110 valence electrons. The van der Waals surface area contributed by atoms with Gasteiger partial charge in [-0.05, 0) is 38.5 Å². The molecule has 0 spiro atoms. The van der Waals surface area contributed by atoms with E-state index in [1.165, 1.54) is 64.6 Å². The standard InChI is InChI=1S/C17H32N2/c1-3-5-9-12-19-14-17(18-13-16(19)4-2)15-10-7-6-8-11-15/h3,5,15-18H,4,6-14H2,1-2H3/b5-3+. The molecule has 1 N–H and O–H groups in total. The Morgan fingerprint density at radius 3 is 2.68 bits per heavy atom. The molecule has 1 saturated heterocycles. The van der Waals surface area contributed by atoms with Gasteiger partial charge < -0.3 is 5.32 Å². The van der Waals surface area contributed by atoms with Gasteiger partial charge in [0.25, 0.3) is 0 Å². The van der Waals surface area contributed by atoms with Crippen molar-refractivity contribution >= 4 is 0 Å². The Bertz CT molecular complexity index is 268. The van der Waals surface area contributed by atoms with Crippen molar-refractivity contribution in [1.82, 2.24) is 10.2 Å². The fourth-order valence-electron chi connectivity index (χ4n) is 3.82. The van der Waals surface area contributed by atoms with E-state index >= 15 is 0 Å². The summed E-state index contributed by atoms with van der Waals surface area (Å²) < 4.78 is 0. The Labute approximate surface area is 119 Å². The maximum absolute atomic E-state index is 3.85. The van der Waals surface area contributed by atoms with Crippen LogP contribution in [0.2, 0.25) is 0 Å². The van der Waals surface area contributed by atoms with Gasteiger partial charge in [-0.25, -0.2) is 0 Å². The van der Waals surface area contributed by atoms with Gasteiger partial charge in [0.15, 0.2) is 0 Å². The summed E-state index contributed by atoms with van der Waals surface area (Å²) in [4.78, 5) is 2.75. The van der Waals surface area contributed by atoms with Gasteiger partial charge in [-0.2, -0.15) is 0 Å². The Hall–Kier alpha value is -0.340. The van der Waals surface area contributed by atoms with E-state index in [1.54, 1.807) is 0 Å². The highest BCUT2D eigenvalue weighted by molar-refractivity contribution is 4.91. The molecular formula is C17H32N2. The summed E-state index contributed by atoms with van der Waals surface area (Å²) in [5.74, 6) is 0.941. The molecule has 2 atom stereocenters. The Kier molecular flexibility index (Phi) is 6.39. The first-order valence-electron chi connectivity index (χ1n) is 8.43. The highest BCUT2D eigenvalue weighted by Gasteiger charge is 2.31. The van der Waals surface area contributed by atoms with Gasteiger partial charge in [0.05, 0.1) is 0 Å². The second-order valence-electron chi connectivity index (χ2n) is 6.33. The van der Waals surface area contributed by atoms with Crippen molar-refractivity contribution in [3.8, 4) is 0 Å². The molecule has 2 heteroatoms. The van der Waals surface area contributed by atoms with Crippen LogP contribution in [0.25, 0.3) is 0 Å². The molecule has 1 heterocycles. The Morgan fingerprint density at radius 2 is 2.00 bits per heavy atom. The molecule has 0 aromatic carbocycles. The summed E-state index contributed by atoms with van der Waals surface area (Å²) in [5, 5.41) is 3.85. The van der Waals surface area contributed by atoms with Gasteiger partial charge in [0, 0.05) is 31.7 Å². The molecular weight excluding hydrogens is 232 g/mol. The van der Waals surface area contributed by atoms with Crippen LogP contribution in [0, 0.1) is 5.92 Å². The van der Waals surface area contributed by atoms with E-state index in [4.69, 9.17) is 0 Å². The minimum absolute atomic E-state index is 0.755. The van der Waals surface area contributed by atoms with Gasteiger partial charge in [-0.15, -0.1) is 0 Å². The van der Waals surface area contributed by atoms with Crippen LogP contribution in [0.15, 0.2) is 12.2 Å². The largest absolute Gasteiger partial charge is 0.311 e. The molecule has 0 radical (unpaired) electrons. The van der Waals surface area contributed by atoms with Crippen LogP contribution in [-0.4, -0.2) is 36.6 Å². The van der Waals surface area contributed by atoms with Crippen LogP contribution in [0.5, 0.6) is 0 Å². The summed E-state index contributed by atoms with van der Waals surface area (Å²) in [6, 6.07) is 1.51. The Morgan fingerprint density at radius 1 is 1.21 bits per heavy atom. The third-order valence-electron chi connectivity index (χ3n) is 5.07. The number of nitrogens with zero attached hydrogens (tertiary/aromatic N) is 1. The van der Waals surface area contributed by atoms with E-state index in [0.717, 1.165) is 18.0 Å². The topological polar surface area (TPSA) is 15.3 Å². The molecule has 2 fully saturated rings. The van der Waals surface area contributed by atoms with Crippen LogP contribution < -0.4 is 5.32 Å². The van der Waals surface area contributed by atoms with E-state index in [1.807, 2.05) is 0 Å². The maximum Gasteiger partial charge on any atom is 0.0224 e. The number of hydrogen-bond acceptors (Lipinski definition) is 2. The van der Waals surface area contributed by atoms with Crippen molar-refractivity contribution in [1.29, 1.82) is 0 Å². The molecule has 1 saturated carbocycles. The van der Waals surface area contributed by atoms with E-state index in [0.29, 0.717) is 0 Å². The summed E-state index contributed by atoms with van der Waals surface area (Å²) >= 11 is 0. The van der Waals surface area contributed by atoms with Crippen LogP contribution in [0.4, 0.5) is 0 Å². The highest BCUT2D eigenvalue weighted by atomic mass is 15.2. The average molecular weight is 264 g/mol. The molecule has 0 aromatic rings. The summed E-state index contributed by atoms with van der Waals surface area (Å²) in [6.07, 6.45) is 14.3. The number of allylic oxidation sites excluding steroid dienone is 1. The first-order valence-corrected chi connectivity index (χ1v) is 8.43. The van der Waals surface area contributed by atoms with Crippen LogP contribution in [-0.2, 0) is 0 Å². The predicted octanol–water partition coefficient (Wildman–Crippen LogP) is 3.59. The van der Waals surface area contributed by atoms with Crippen LogP contribution in [0.1, 0.15) is 58.8 Å². The zero-order chi connectivity index (χ0) is 13.5. The molecule has 19 heavy (non-hydrogen) atoms. The molecule has 0 aromatic heterocycles. The lowest BCUT2D eigenvalue weighted by Gasteiger charge is -2.43. The molecule has 0 amide bonds. The number of nitrogens with one attached hydrogen (secondary N) is 1. The van der Waals surface area contributed by atoms with E-state index < -0.39 is 0 Å². The highest BCUT2D eigenvalue weighted by Crippen LogP contribution is 2.28. The van der Waals surface area contributed by atoms with Crippen molar-refractivity contribution in [3.63, 3.8) is 0 Å². The summed E-state index contributed by atoms with van der Waals surface area (Å²) in [6.45, 7) is 8.18. The molecule has 2 rings (SSSR count). The van der Waals surface area contributed by atoms with Crippen molar-refractivity contribution in [2.75, 3.05) is 19.6 Å². The smallest absolute Gasteiger partial charge is 0.0224 e. The van der Waals surface area contributed by atoms with Crippen LogP contribution >= 0.6 is 0 Å². The van der Waals surface area contributed by atoms with Crippen LogP contribution in [0.3, 0.4) is 0 Å². The zero-order valence-corrected chi connectivity index (χ0v) is 12.9.